The van der Waals surface area contributed by atoms with Gasteiger partial charge in [-0.25, -0.2) is 0 Å². The lowest BCUT2D eigenvalue weighted by atomic mass is 10.2. The van der Waals surface area contributed by atoms with Crippen molar-refractivity contribution in [2.45, 2.75) is 19.0 Å². The van der Waals surface area contributed by atoms with E-state index in [1.165, 1.54) is 4.90 Å². The fourth-order valence-electron chi connectivity index (χ4n) is 2.45. The summed E-state index contributed by atoms with van der Waals surface area (Å²) in [6.45, 7) is 0.266. The highest BCUT2D eigenvalue weighted by Gasteiger charge is 2.54. The van der Waals surface area contributed by atoms with Gasteiger partial charge in [-0.2, -0.15) is 0 Å². The molecular formula is C16H14ClN3O3. The van der Waals surface area contributed by atoms with Crippen LogP contribution < -0.4 is 4.90 Å². The summed E-state index contributed by atoms with van der Waals surface area (Å²) in [6, 6.07) is 11.5. The van der Waals surface area contributed by atoms with Crippen LogP contribution in [0.5, 0.6) is 0 Å². The second-order valence-corrected chi connectivity index (χ2v) is 5.85. The third-order valence-corrected chi connectivity index (χ3v) is 4.05. The smallest absolute Gasteiger partial charge is 0.237 e. The number of nitrogens with zero attached hydrogens (tertiary/aromatic N) is 3. The number of aromatic nitrogens is 1. The summed E-state index contributed by atoms with van der Waals surface area (Å²) in [6.07, 6.45) is 1.94. The van der Waals surface area contributed by atoms with Crippen LogP contribution in [-0.4, -0.2) is 21.9 Å². The van der Waals surface area contributed by atoms with Gasteiger partial charge in [0.1, 0.15) is 5.92 Å². The van der Waals surface area contributed by atoms with Crippen LogP contribution in [-0.2, 0) is 11.3 Å². The number of pyridine rings is 1. The van der Waals surface area contributed by atoms with Gasteiger partial charge in [0, 0.05) is 28.3 Å². The number of rotatable bonds is 5. The maximum atomic E-state index is 12.7. The Kier molecular flexibility index (Phi) is 4.25. The van der Waals surface area contributed by atoms with Crippen molar-refractivity contribution in [1.82, 2.24) is 4.98 Å². The Morgan fingerprint density at radius 1 is 1.30 bits per heavy atom. The highest BCUT2D eigenvalue weighted by molar-refractivity contribution is 6.30. The van der Waals surface area contributed by atoms with Crippen LogP contribution in [0.1, 0.15) is 12.1 Å². The fourth-order valence-corrected chi connectivity index (χ4v) is 2.58. The summed E-state index contributed by atoms with van der Waals surface area (Å²) in [5, 5.41) is 11.4. The Morgan fingerprint density at radius 2 is 2.04 bits per heavy atom. The van der Waals surface area contributed by atoms with E-state index in [0.717, 1.165) is 0 Å². The Bertz CT molecular complexity index is 721. The van der Waals surface area contributed by atoms with E-state index in [1.54, 1.807) is 36.5 Å². The minimum absolute atomic E-state index is 0.250. The Labute approximate surface area is 137 Å². The molecule has 118 valence electrons. The number of anilines is 1. The van der Waals surface area contributed by atoms with Crippen LogP contribution >= 0.6 is 11.6 Å². The summed E-state index contributed by atoms with van der Waals surface area (Å²) in [5.74, 6) is -0.816. The third-order valence-electron chi connectivity index (χ3n) is 3.80. The van der Waals surface area contributed by atoms with E-state index in [1.807, 2.05) is 12.1 Å². The number of benzene rings is 1. The molecule has 0 unspecified atom stereocenters. The molecule has 1 amide bonds. The van der Waals surface area contributed by atoms with E-state index >= 15 is 0 Å². The van der Waals surface area contributed by atoms with Gasteiger partial charge in [-0.3, -0.25) is 19.9 Å². The molecule has 2 aromatic rings. The van der Waals surface area contributed by atoms with Gasteiger partial charge in [-0.15, -0.1) is 0 Å². The minimum Gasteiger partial charge on any atom is -0.306 e. The zero-order valence-electron chi connectivity index (χ0n) is 12.1. The van der Waals surface area contributed by atoms with Gasteiger partial charge in [0.15, 0.2) is 0 Å². The summed E-state index contributed by atoms with van der Waals surface area (Å²) < 4.78 is 0. The Balaban J connectivity index is 1.86. The molecule has 1 aliphatic rings. The molecule has 0 radical (unpaired) electrons. The molecule has 0 spiro atoms. The second kappa shape index (κ2) is 6.34. The first-order valence-electron chi connectivity index (χ1n) is 7.16. The number of hydrogen-bond donors (Lipinski definition) is 0. The molecule has 3 rings (SSSR count). The zero-order chi connectivity index (χ0) is 16.4. The predicted octanol–water partition coefficient (Wildman–Crippen LogP) is 2.93. The second-order valence-electron chi connectivity index (χ2n) is 5.42. The largest absolute Gasteiger partial charge is 0.306 e. The van der Waals surface area contributed by atoms with Crippen molar-refractivity contribution in [3.8, 4) is 0 Å². The predicted molar refractivity (Wildman–Crippen MR) is 85.8 cm³/mol. The van der Waals surface area contributed by atoms with Crippen molar-refractivity contribution in [2.24, 2.45) is 5.92 Å². The fraction of sp³-hybridized carbons (Fsp3) is 0.250. The summed E-state index contributed by atoms with van der Waals surface area (Å²) in [5.41, 5.74) is 1.37. The van der Waals surface area contributed by atoms with Crippen LogP contribution in [0.25, 0.3) is 0 Å². The molecule has 0 bridgehead atoms. The number of nitro groups is 1. The Hall–Kier alpha value is -2.47. The van der Waals surface area contributed by atoms with Crippen LogP contribution in [0.15, 0.2) is 48.7 Å². The molecule has 1 heterocycles. The van der Waals surface area contributed by atoms with E-state index in [2.05, 4.69) is 4.98 Å². The molecule has 0 N–H and O–H groups in total. The molecule has 0 saturated heterocycles. The first-order valence-corrected chi connectivity index (χ1v) is 7.54. The van der Waals surface area contributed by atoms with E-state index in [4.69, 9.17) is 11.6 Å². The summed E-state index contributed by atoms with van der Waals surface area (Å²) in [4.78, 5) is 28.9. The number of carbonyl (C=O) groups excluding carboxylic acids is 1. The highest BCUT2D eigenvalue weighted by atomic mass is 35.5. The average Bonchev–Trinajstić information content (AvgIpc) is 3.35. The van der Waals surface area contributed by atoms with Crippen LogP contribution in [0, 0.1) is 16.0 Å². The highest BCUT2D eigenvalue weighted by Crippen LogP contribution is 2.36. The lowest BCUT2D eigenvalue weighted by Crippen LogP contribution is -2.33. The molecule has 7 heteroatoms. The molecule has 23 heavy (non-hydrogen) atoms. The van der Waals surface area contributed by atoms with Crippen molar-refractivity contribution < 1.29 is 9.72 Å². The average molecular weight is 332 g/mol. The van der Waals surface area contributed by atoms with Crippen molar-refractivity contribution >= 4 is 23.2 Å². The van der Waals surface area contributed by atoms with Gasteiger partial charge in [0.25, 0.3) is 0 Å². The number of hydrogen-bond acceptors (Lipinski definition) is 4. The number of carbonyl (C=O) groups is 1. The normalized spacial score (nSPS) is 19.2. The third kappa shape index (κ3) is 3.48. The molecule has 2 atom stereocenters. The van der Waals surface area contributed by atoms with Gasteiger partial charge in [0.2, 0.25) is 11.9 Å². The minimum atomic E-state index is -0.777. The van der Waals surface area contributed by atoms with Crippen LogP contribution in [0.2, 0.25) is 5.02 Å². The SMILES string of the molecule is O=C([C@H]1C[C@@H]1[N+](=O)[O-])N(Cc1ccccn1)c1ccc(Cl)cc1. The summed E-state index contributed by atoms with van der Waals surface area (Å²) >= 11 is 5.89. The molecule has 1 aromatic heterocycles. The lowest BCUT2D eigenvalue weighted by Gasteiger charge is -2.22. The van der Waals surface area contributed by atoms with Gasteiger partial charge >= 0.3 is 0 Å². The standard InChI is InChI=1S/C16H14ClN3O3/c17-11-4-6-13(7-5-11)19(10-12-3-1-2-8-18-12)16(21)14-9-15(14)20(22)23/h1-8,14-15H,9-10H2/t14-,15-/m0/s1. The monoisotopic (exact) mass is 331 g/mol. The van der Waals surface area contributed by atoms with Gasteiger partial charge < -0.3 is 4.90 Å². The maximum absolute atomic E-state index is 12.7. The molecule has 0 aliphatic heterocycles. The van der Waals surface area contributed by atoms with Gasteiger partial charge in [0.05, 0.1) is 12.2 Å². The molecule has 1 aromatic carbocycles. The number of amides is 1. The summed E-state index contributed by atoms with van der Waals surface area (Å²) in [7, 11) is 0. The molecule has 1 aliphatic carbocycles. The van der Waals surface area contributed by atoms with Crippen molar-refractivity contribution in [1.29, 1.82) is 0 Å². The van der Waals surface area contributed by atoms with E-state index in [-0.39, 0.29) is 23.8 Å². The quantitative estimate of drug-likeness (QED) is 0.623. The van der Waals surface area contributed by atoms with Crippen molar-refractivity contribution in [2.75, 3.05) is 4.90 Å². The molecule has 1 fully saturated rings. The first kappa shape index (κ1) is 15.4. The first-order chi connectivity index (χ1) is 11.1. The topological polar surface area (TPSA) is 76.3 Å². The van der Waals surface area contributed by atoms with E-state index in [0.29, 0.717) is 16.4 Å². The van der Waals surface area contributed by atoms with Crippen LogP contribution in [0.3, 0.4) is 0 Å². The van der Waals surface area contributed by atoms with Crippen LogP contribution in [0.4, 0.5) is 5.69 Å². The van der Waals surface area contributed by atoms with Crippen molar-refractivity contribution in [3.63, 3.8) is 0 Å². The van der Waals surface area contributed by atoms with Gasteiger partial charge in [-0.1, -0.05) is 17.7 Å². The maximum Gasteiger partial charge on any atom is 0.237 e. The lowest BCUT2D eigenvalue weighted by molar-refractivity contribution is -0.497. The number of halogens is 1. The molecular weight excluding hydrogens is 318 g/mol. The Morgan fingerprint density at radius 3 is 2.61 bits per heavy atom. The molecule has 6 nitrogen and oxygen atoms in total. The molecule has 1 saturated carbocycles. The van der Waals surface area contributed by atoms with Crippen molar-refractivity contribution in [3.05, 3.63) is 69.5 Å². The zero-order valence-corrected chi connectivity index (χ0v) is 12.9. The van der Waals surface area contributed by atoms with E-state index in [9.17, 15) is 14.9 Å². The van der Waals surface area contributed by atoms with E-state index < -0.39 is 12.0 Å². The van der Waals surface area contributed by atoms with Gasteiger partial charge in [-0.05, 0) is 36.4 Å².